The van der Waals surface area contributed by atoms with Gasteiger partial charge in [0.05, 0.1) is 13.2 Å². The zero-order chi connectivity index (χ0) is 14.7. The van der Waals surface area contributed by atoms with Crippen LogP contribution in [0, 0.1) is 3.57 Å². The van der Waals surface area contributed by atoms with Gasteiger partial charge in [-0.25, -0.2) is 0 Å². The fourth-order valence-corrected chi connectivity index (χ4v) is 3.17. The summed E-state index contributed by atoms with van der Waals surface area (Å²) in [6, 6.07) is 14.3. The Morgan fingerprint density at radius 3 is 2.86 bits per heavy atom. The summed E-state index contributed by atoms with van der Waals surface area (Å²) in [5.74, 6) is 0.933. The second-order valence-corrected chi connectivity index (χ2v) is 6.78. The summed E-state index contributed by atoms with van der Waals surface area (Å²) < 4.78 is 12.6. The second kappa shape index (κ2) is 6.99. The van der Waals surface area contributed by atoms with Gasteiger partial charge >= 0.3 is 0 Å². The van der Waals surface area contributed by atoms with Gasteiger partial charge in [-0.2, -0.15) is 0 Å². The van der Waals surface area contributed by atoms with E-state index in [2.05, 4.69) is 34.7 Å². The maximum absolute atomic E-state index is 6.30. The highest BCUT2D eigenvalue weighted by Gasteiger charge is 2.18. The molecule has 2 aromatic carbocycles. The molecule has 0 aliphatic carbocycles. The van der Waals surface area contributed by atoms with Crippen molar-refractivity contribution in [3.63, 3.8) is 0 Å². The van der Waals surface area contributed by atoms with Crippen LogP contribution in [0.2, 0.25) is 5.02 Å². The molecular formula is C17H16ClIO2. The molecule has 2 nitrogen and oxygen atoms in total. The molecule has 4 heteroatoms. The van der Waals surface area contributed by atoms with E-state index in [9.17, 15) is 0 Å². The van der Waals surface area contributed by atoms with E-state index in [1.54, 1.807) is 0 Å². The number of ether oxygens (including phenoxy) is 2. The van der Waals surface area contributed by atoms with Gasteiger partial charge in [-0.3, -0.25) is 0 Å². The van der Waals surface area contributed by atoms with Crippen molar-refractivity contribution in [2.45, 2.75) is 18.9 Å². The highest BCUT2D eigenvalue weighted by molar-refractivity contribution is 14.1. The van der Waals surface area contributed by atoms with Gasteiger partial charge in [-0.15, -0.1) is 0 Å². The lowest BCUT2D eigenvalue weighted by molar-refractivity contribution is 0.140. The van der Waals surface area contributed by atoms with Crippen LogP contribution in [0.3, 0.4) is 0 Å². The molecule has 0 saturated carbocycles. The van der Waals surface area contributed by atoms with Crippen molar-refractivity contribution in [2.24, 2.45) is 0 Å². The van der Waals surface area contributed by atoms with Crippen molar-refractivity contribution in [1.29, 1.82) is 0 Å². The van der Waals surface area contributed by atoms with Gasteiger partial charge in [0.2, 0.25) is 0 Å². The quantitative estimate of drug-likeness (QED) is 0.675. The fraction of sp³-hybridized carbons (Fsp3) is 0.294. The molecule has 1 heterocycles. The molecule has 1 atom stereocenters. The van der Waals surface area contributed by atoms with Crippen LogP contribution in [0.1, 0.15) is 17.5 Å². The molecule has 2 aromatic rings. The minimum Gasteiger partial charge on any atom is -0.488 e. The predicted octanol–water partition coefficient (Wildman–Crippen LogP) is 4.70. The first-order valence-electron chi connectivity index (χ1n) is 6.98. The lowest BCUT2D eigenvalue weighted by atomic mass is 10.0. The van der Waals surface area contributed by atoms with E-state index in [1.165, 1.54) is 3.57 Å². The van der Waals surface area contributed by atoms with Gasteiger partial charge in [0.15, 0.2) is 0 Å². The van der Waals surface area contributed by atoms with E-state index < -0.39 is 0 Å². The molecule has 1 aliphatic rings. The number of para-hydroxylation sites is 1. The van der Waals surface area contributed by atoms with Crippen LogP contribution in [0.5, 0.6) is 5.75 Å². The van der Waals surface area contributed by atoms with E-state index in [4.69, 9.17) is 21.1 Å². The molecule has 0 aromatic heterocycles. The Labute approximate surface area is 143 Å². The van der Waals surface area contributed by atoms with Gasteiger partial charge < -0.3 is 9.47 Å². The van der Waals surface area contributed by atoms with Gasteiger partial charge in [-0.1, -0.05) is 29.8 Å². The van der Waals surface area contributed by atoms with Crippen molar-refractivity contribution >= 4 is 34.2 Å². The molecule has 21 heavy (non-hydrogen) atoms. The van der Waals surface area contributed by atoms with Gasteiger partial charge in [0.25, 0.3) is 0 Å². The summed E-state index contributed by atoms with van der Waals surface area (Å²) >= 11 is 8.61. The first kappa shape index (κ1) is 15.1. The normalized spacial score (nSPS) is 17.9. The molecule has 1 fully saturated rings. The molecule has 0 spiro atoms. The van der Waals surface area contributed by atoms with Crippen LogP contribution in [0.4, 0.5) is 0 Å². The Hall–Kier alpha value is -0.780. The number of rotatable bonds is 4. The third-order valence-corrected chi connectivity index (χ3v) is 4.58. The number of hydrogen-bond donors (Lipinski definition) is 0. The molecule has 0 radical (unpaired) electrons. The van der Waals surface area contributed by atoms with Crippen LogP contribution in [-0.2, 0) is 11.2 Å². The smallest absolute Gasteiger partial charge is 0.124 e. The Bertz CT molecular complexity index is 624. The van der Waals surface area contributed by atoms with Gasteiger partial charge in [0.1, 0.15) is 11.9 Å². The Kier molecular flexibility index (Phi) is 5.03. The molecular weight excluding hydrogens is 399 g/mol. The van der Waals surface area contributed by atoms with E-state index in [1.807, 2.05) is 30.3 Å². The zero-order valence-corrected chi connectivity index (χ0v) is 14.4. The van der Waals surface area contributed by atoms with E-state index in [-0.39, 0.29) is 6.10 Å². The third kappa shape index (κ3) is 3.90. The predicted molar refractivity (Wildman–Crippen MR) is 93.3 cm³/mol. The van der Waals surface area contributed by atoms with Crippen molar-refractivity contribution in [3.8, 4) is 5.75 Å². The molecule has 1 aliphatic heterocycles. The molecule has 0 N–H and O–H groups in total. The summed E-state index contributed by atoms with van der Waals surface area (Å²) in [5, 5.41) is 0.800. The highest BCUT2D eigenvalue weighted by atomic mass is 127. The number of benzene rings is 2. The van der Waals surface area contributed by atoms with E-state index in [0.29, 0.717) is 6.61 Å². The van der Waals surface area contributed by atoms with Crippen LogP contribution in [0.25, 0.3) is 0 Å². The highest BCUT2D eigenvalue weighted by Crippen LogP contribution is 2.28. The van der Waals surface area contributed by atoms with Crippen LogP contribution in [-0.4, -0.2) is 19.3 Å². The molecule has 1 unspecified atom stereocenters. The van der Waals surface area contributed by atoms with E-state index >= 15 is 0 Å². The molecule has 1 saturated heterocycles. The lowest BCUT2D eigenvalue weighted by Gasteiger charge is -2.16. The SMILES string of the molecule is Clc1ccc(I)cc1Cc1ccccc1OC1CCOC1. The molecule has 0 amide bonds. The molecule has 3 rings (SSSR count). The summed E-state index contributed by atoms with van der Waals surface area (Å²) in [7, 11) is 0. The van der Waals surface area contributed by atoms with Crippen molar-refractivity contribution in [1.82, 2.24) is 0 Å². The number of halogens is 2. The third-order valence-electron chi connectivity index (χ3n) is 3.54. The Balaban J connectivity index is 1.82. The van der Waals surface area contributed by atoms with Crippen molar-refractivity contribution in [2.75, 3.05) is 13.2 Å². The van der Waals surface area contributed by atoms with Crippen LogP contribution >= 0.6 is 34.2 Å². The molecule has 110 valence electrons. The summed E-state index contributed by atoms with van der Waals surface area (Å²) in [5.41, 5.74) is 2.29. The lowest BCUT2D eigenvalue weighted by Crippen LogP contribution is -2.16. The van der Waals surface area contributed by atoms with Gasteiger partial charge in [-0.05, 0) is 58.0 Å². The van der Waals surface area contributed by atoms with Crippen LogP contribution in [0.15, 0.2) is 42.5 Å². The minimum absolute atomic E-state index is 0.164. The average molecular weight is 415 g/mol. The van der Waals surface area contributed by atoms with Crippen LogP contribution < -0.4 is 4.74 Å². The van der Waals surface area contributed by atoms with Crippen molar-refractivity contribution < 1.29 is 9.47 Å². The van der Waals surface area contributed by atoms with Crippen molar-refractivity contribution in [3.05, 3.63) is 62.2 Å². The number of hydrogen-bond acceptors (Lipinski definition) is 2. The maximum Gasteiger partial charge on any atom is 0.124 e. The zero-order valence-electron chi connectivity index (χ0n) is 11.5. The Morgan fingerprint density at radius 1 is 1.19 bits per heavy atom. The second-order valence-electron chi connectivity index (χ2n) is 5.12. The first-order chi connectivity index (χ1) is 10.2. The fourth-order valence-electron chi connectivity index (χ4n) is 2.43. The average Bonchev–Trinajstić information content (AvgIpc) is 2.98. The van der Waals surface area contributed by atoms with Gasteiger partial charge in [0, 0.05) is 21.4 Å². The minimum atomic E-state index is 0.164. The largest absolute Gasteiger partial charge is 0.488 e. The maximum atomic E-state index is 6.30. The molecule has 0 bridgehead atoms. The summed E-state index contributed by atoms with van der Waals surface area (Å²) in [6.07, 6.45) is 1.90. The first-order valence-corrected chi connectivity index (χ1v) is 8.44. The summed E-state index contributed by atoms with van der Waals surface area (Å²) in [4.78, 5) is 0. The van der Waals surface area contributed by atoms with E-state index in [0.717, 1.165) is 41.3 Å². The Morgan fingerprint density at radius 2 is 2.05 bits per heavy atom. The summed E-state index contributed by atoms with van der Waals surface area (Å²) in [6.45, 7) is 1.47. The monoisotopic (exact) mass is 414 g/mol. The standard InChI is InChI=1S/C17H16ClIO2/c18-16-6-5-14(19)10-13(16)9-12-3-1-2-4-17(12)21-15-7-8-20-11-15/h1-6,10,15H,7-9,11H2. The topological polar surface area (TPSA) is 18.5 Å².